The van der Waals surface area contributed by atoms with Crippen LogP contribution in [-0.2, 0) is 11.3 Å². The van der Waals surface area contributed by atoms with Crippen molar-refractivity contribution in [3.63, 3.8) is 0 Å². The van der Waals surface area contributed by atoms with Crippen LogP contribution in [0.25, 0.3) is 0 Å². The normalized spacial score (nSPS) is 17.8. The minimum absolute atomic E-state index is 0.298. The SMILES string of the molecule is Cc1ncc(CNC(C)CN2CCCC2=O)s1. The molecule has 0 bridgehead atoms. The van der Waals surface area contributed by atoms with Crippen LogP contribution in [0.5, 0.6) is 0 Å². The van der Waals surface area contributed by atoms with Crippen molar-refractivity contribution in [2.75, 3.05) is 13.1 Å². The largest absolute Gasteiger partial charge is 0.341 e. The van der Waals surface area contributed by atoms with E-state index in [-0.39, 0.29) is 0 Å². The highest BCUT2D eigenvalue weighted by Crippen LogP contribution is 2.12. The molecule has 1 aromatic rings. The predicted octanol–water partition coefficient (Wildman–Crippen LogP) is 1.55. The predicted molar refractivity (Wildman–Crippen MR) is 69.0 cm³/mol. The molecule has 1 aliphatic heterocycles. The lowest BCUT2D eigenvalue weighted by Gasteiger charge is -2.21. The maximum absolute atomic E-state index is 11.5. The second-order valence-corrected chi connectivity index (χ2v) is 5.89. The van der Waals surface area contributed by atoms with Gasteiger partial charge in [-0.15, -0.1) is 11.3 Å². The lowest BCUT2D eigenvalue weighted by atomic mass is 10.3. The van der Waals surface area contributed by atoms with Crippen molar-refractivity contribution in [2.45, 2.75) is 39.3 Å². The summed E-state index contributed by atoms with van der Waals surface area (Å²) >= 11 is 1.72. The standard InChI is InChI=1S/C12H19N3OS/c1-9(8-15-5-3-4-12(15)16)13-6-11-7-14-10(2)17-11/h7,9,13H,3-6,8H2,1-2H3. The molecule has 1 saturated heterocycles. The third-order valence-corrected chi connectivity index (χ3v) is 3.87. The topological polar surface area (TPSA) is 45.2 Å². The van der Waals surface area contributed by atoms with E-state index in [1.165, 1.54) is 4.88 Å². The van der Waals surface area contributed by atoms with E-state index in [1.54, 1.807) is 11.3 Å². The average molecular weight is 253 g/mol. The zero-order valence-electron chi connectivity index (χ0n) is 10.4. The van der Waals surface area contributed by atoms with Gasteiger partial charge >= 0.3 is 0 Å². The number of thiazole rings is 1. The molecule has 0 aromatic carbocycles. The van der Waals surface area contributed by atoms with Crippen LogP contribution in [0.1, 0.15) is 29.7 Å². The molecular formula is C12H19N3OS. The van der Waals surface area contributed by atoms with Crippen LogP contribution in [0.4, 0.5) is 0 Å². The first-order valence-electron chi connectivity index (χ1n) is 6.07. The fourth-order valence-electron chi connectivity index (χ4n) is 2.05. The summed E-state index contributed by atoms with van der Waals surface area (Å²) in [6.07, 6.45) is 3.65. The highest BCUT2D eigenvalue weighted by Gasteiger charge is 2.21. The van der Waals surface area contributed by atoms with E-state index >= 15 is 0 Å². The second kappa shape index (κ2) is 5.60. The number of aryl methyl sites for hydroxylation is 1. The van der Waals surface area contributed by atoms with E-state index in [1.807, 2.05) is 18.0 Å². The van der Waals surface area contributed by atoms with Gasteiger partial charge in [0.2, 0.25) is 5.91 Å². The Labute approximate surface area is 106 Å². The molecule has 4 nitrogen and oxygen atoms in total. The minimum Gasteiger partial charge on any atom is -0.341 e. The van der Waals surface area contributed by atoms with Crippen LogP contribution < -0.4 is 5.32 Å². The molecule has 0 saturated carbocycles. The van der Waals surface area contributed by atoms with Crippen LogP contribution in [-0.4, -0.2) is 34.9 Å². The molecule has 5 heteroatoms. The molecule has 1 fully saturated rings. The lowest BCUT2D eigenvalue weighted by molar-refractivity contribution is -0.127. The average Bonchev–Trinajstić information content (AvgIpc) is 2.86. The van der Waals surface area contributed by atoms with Gasteiger partial charge in [-0.3, -0.25) is 4.79 Å². The minimum atomic E-state index is 0.298. The van der Waals surface area contributed by atoms with Gasteiger partial charge in [-0.05, 0) is 20.3 Å². The Morgan fingerprint density at radius 3 is 3.06 bits per heavy atom. The number of nitrogens with one attached hydrogen (secondary N) is 1. The summed E-state index contributed by atoms with van der Waals surface area (Å²) in [7, 11) is 0. The van der Waals surface area contributed by atoms with Crippen molar-refractivity contribution in [3.8, 4) is 0 Å². The van der Waals surface area contributed by atoms with Crippen molar-refractivity contribution in [1.82, 2.24) is 15.2 Å². The van der Waals surface area contributed by atoms with E-state index in [0.29, 0.717) is 11.9 Å². The molecular weight excluding hydrogens is 234 g/mol. The molecule has 0 spiro atoms. The summed E-state index contributed by atoms with van der Waals surface area (Å²) in [5.74, 6) is 0.298. The molecule has 17 heavy (non-hydrogen) atoms. The Bertz CT molecular complexity index is 391. The number of rotatable bonds is 5. The number of amides is 1. The zero-order valence-corrected chi connectivity index (χ0v) is 11.2. The third-order valence-electron chi connectivity index (χ3n) is 2.96. The van der Waals surface area contributed by atoms with E-state index < -0.39 is 0 Å². The molecule has 1 atom stereocenters. The van der Waals surface area contributed by atoms with Crippen LogP contribution in [0.15, 0.2) is 6.20 Å². The summed E-state index contributed by atoms with van der Waals surface area (Å²) in [5.41, 5.74) is 0. The van der Waals surface area contributed by atoms with Crippen LogP contribution in [0, 0.1) is 6.92 Å². The third kappa shape index (κ3) is 3.51. The van der Waals surface area contributed by atoms with Crippen LogP contribution >= 0.6 is 11.3 Å². The van der Waals surface area contributed by atoms with Crippen molar-refractivity contribution >= 4 is 17.2 Å². The molecule has 1 aliphatic rings. The fraction of sp³-hybridized carbons (Fsp3) is 0.667. The monoisotopic (exact) mass is 253 g/mol. The number of aromatic nitrogens is 1. The van der Waals surface area contributed by atoms with Crippen molar-refractivity contribution in [3.05, 3.63) is 16.1 Å². The Morgan fingerprint density at radius 1 is 1.65 bits per heavy atom. The number of likely N-dealkylation sites (tertiary alicyclic amines) is 1. The van der Waals surface area contributed by atoms with E-state index in [2.05, 4.69) is 17.2 Å². The first-order chi connectivity index (χ1) is 8.15. The Hall–Kier alpha value is -0.940. The van der Waals surface area contributed by atoms with Gasteiger partial charge in [0.05, 0.1) is 5.01 Å². The fourth-order valence-corrected chi connectivity index (χ4v) is 2.80. The Balaban J connectivity index is 1.73. The van der Waals surface area contributed by atoms with E-state index in [9.17, 15) is 4.79 Å². The molecule has 1 unspecified atom stereocenters. The van der Waals surface area contributed by atoms with Gasteiger partial charge in [0.25, 0.3) is 0 Å². The van der Waals surface area contributed by atoms with Gasteiger partial charge in [0, 0.05) is 43.2 Å². The number of carbonyl (C=O) groups excluding carboxylic acids is 1. The summed E-state index contributed by atoms with van der Waals surface area (Å²) in [4.78, 5) is 18.9. The summed E-state index contributed by atoms with van der Waals surface area (Å²) < 4.78 is 0. The maximum Gasteiger partial charge on any atom is 0.222 e. The van der Waals surface area contributed by atoms with Gasteiger partial charge in [-0.25, -0.2) is 4.98 Å². The summed E-state index contributed by atoms with van der Waals surface area (Å²) in [6, 6.07) is 0.333. The lowest BCUT2D eigenvalue weighted by Crippen LogP contribution is -2.39. The van der Waals surface area contributed by atoms with Crippen molar-refractivity contribution in [1.29, 1.82) is 0 Å². The Morgan fingerprint density at radius 2 is 2.47 bits per heavy atom. The molecule has 94 valence electrons. The molecule has 2 rings (SSSR count). The molecule has 1 aromatic heterocycles. The number of nitrogens with zero attached hydrogens (tertiary/aromatic N) is 2. The maximum atomic E-state index is 11.5. The zero-order chi connectivity index (χ0) is 12.3. The second-order valence-electron chi connectivity index (χ2n) is 4.57. The summed E-state index contributed by atoms with van der Waals surface area (Å²) in [5, 5.41) is 4.54. The van der Waals surface area contributed by atoms with Gasteiger partial charge in [0.15, 0.2) is 0 Å². The van der Waals surface area contributed by atoms with E-state index in [4.69, 9.17) is 0 Å². The van der Waals surface area contributed by atoms with Crippen LogP contribution in [0.2, 0.25) is 0 Å². The molecule has 1 N–H and O–H groups in total. The van der Waals surface area contributed by atoms with Gasteiger partial charge in [-0.2, -0.15) is 0 Å². The first-order valence-corrected chi connectivity index (χ1v) is 6.89. The Kier molecular flexibility index (Phi) is 4.12. The smallest absolute Gasteiger partial charge is 0.222 e. The number of hydrogen-bond donors (Lipinski definition) is 1. The van der Waals surface area contributed by atoms with Crippen molar-refractivity contribution < 1.29 is 4.79 Å². The first kappa shape index (κ1) is 12.5. The molecule has 1 amide bonds. The number of hydrogen-bond acceptors (Lipinski definition) is 4. The van der Waals surface area contributed by atoms with Gasteiger partial charge < -0.3 is 10.2 Å². The van der Waals surface area contributed by atoms with Gasteiger partial charge in [-0.1, -0.05) is 0 Å². The van der Waals surface area contributed by atoms with Gasteiger partial charge in [0.1, 0.15) is 0 Å². The highest BCUT2D eigenvalue weighted by molar-refractivity contribution is 7.11. The quantitative estimate of drug-likeness (QED) is 0.866. The van der Waals surface area contributed by atoms with Crippen molar-refractivity contribution in [2.24, 2.45) is 0 Å². The molecule has 0 aliphatic carbocycles. The van der Waals surface area contributed by atoms with Crippen LogP contribution in [0.3, 0.4) is 0 Å². The van der Waals surface area contributed by atoms with E-state index in [0.717, 1.165) is 37.5 Å². The molecule has 0 radical (unpaired) electrons. The number of carbonyl (C=O) groups is 1. The summed E-state index contributed by atoms with van der Waals surface area (Å²) in [6.45, 7) is 6.72. The highest BCUT2D eigenvalue weighted by atomic mass is 32.1. The molecule has 2 heterocycles.